The van der Waals surface area contributed by atoms with Gasteiger partial charge in [-0.2, -0.15) is 0 Å². The first-order chi connectivity index (χ1) is 11.9. The second-order valence-corrected chi connectivity index (χ2v) is 6.62. The molecule has 7 nitrogen and oxygen atoms in total. The molecule has 0 spiro atoms. The van der Waals surface area contributed by atoms with Gasteiger partial charge in [-0.05, 0) is 6.07 Å². The molecule has 0 saturated carbocycles. The van der Waals surface area contributed by atoms with E-state index in [-0.39, 0.29) is 12.1 Å². The molecule has 11 heteroatoms. The van der Waals surface area contributed by atoms with Crippen molar-refractivity contribution >= 4 is 34.9 Å². The van der Waals surface area contributed by atoms with Crippen LogP contribution in [-0.4, -0.2) is 29.5 Å². The zero-order valence-electron chi connectivity index (χ0n) is 12.4. The number of thiazole rings is 1. The zero-order chi connectivity index (χ0) is 18.1. The SMILES string of the molecule is O=C1NC[C@@H](C(=O)NC(c2c[nH]c(=O)s2)c2ccc(F)c(Cl)c2F)N1. The molecule has 3 amide bonds. The van der Waals surface area contributed by atoms with Crippen molar-refractivity contribution in [3.05, 3.63) is 55.1 Å². The third kappa shape index (κ3) is 3.49. The van der Waals surface area contributed by atoms with E-state index in [0.717, 1.165) is 23.5 Å². The standard InChI is InChI=1S/C14H11ClF2N4O3S/c15-9-6(16)2-1-5(10(9)17)11(8-4-19-14(24)25-8)21-12(22)7-3-18-13(23)20-7/h1-2,4,7,11H,3H2,(H,19,24)(H,21,22)(H2,18,20,23)/t7-,11?/m0/s1. The van der Waals surface area contributed by atoms with Crippen molar-refractivity contribution in [3.63, 3.8) is 0 Å². The quantitative estimate of drug-likeness (QED) is 0.593. The van der Waals surface area contributed by atoms with Crippen LogP contribution in [0.5, 0.6) is 0 Å². The maximum absolute atomic E-state index is 14.4. The molecule has 132 valence electrons. The second kappa shape index (κ2) is 6.81. The van der Waals surface area contributed by atoms with Crippen molar-refractivity contribution in [3.8, 4) is 0 Å². The number of hydrogen-bond acceptors (Lipinski definition) is 4. The Morgan fingerprint density at radius 1 is 1.36 bits per heavy atom. The van der Waals surface area contributed by atoms with E-state index < -0.39 is 45.6 Å². The summed E-state index contributed by atoms with van der Waals surface area (Å²) in [6, 6.07) is -0.332. The summed E-state index contributed by atoms with van der Waals surface area (Å²) < 4.78 is 27.8. The molecule has 1 aliphatic heterocycles. The zero-order valence-corrected chi connectivity index (χ0v) is 13.9. The van der Waals surface area contributed by atoms with Crippen LogP contribution in [0.2, 0.25) is 5.02 Å². The van der Waals surface area contributed by atoms with Gasteiger partial charge in [-0.25, -0.2) is 13.6 Å². The van der Waals surface area contributed by atoms with Crippen LogP contribution in [0.15, 0.2) is 23.1 Å². The molecule has 2 aromatic rings. The van der Waals surface area contributed by atoms with Crippen LogP contribution in [0.4, 0.5) is 13.6 Å². The summed E-state index contributed by atoms with van der Waals surface area (Å²) in [7, 11) is 0. The first-order valence-electron chi connectivity index (χ1n) is 7.03. The van der Waals surface area contributed by atoms with E-state index in [4.69, 9.17) is 11.6 Å². The minimum absolute atomic E-state index is 0.0629. The minimum Gasteiger partial charge on any atom is -0.342 e. The lowest BCUT2D eigenvalue weighted by atomic mass is 10.0. The molecule has 4 N–H and O–H groups in total. The summed E-state index contributed by atoms with van der Waals surface area (Å²) in [6.07, 6.45) is 1.32. The highest BCUT2D eigenvalue weighted by molar-refractivity contribution is 7.09. The van der Waals surface area contributed by atoms with Gasteiger partial charge >= 0.3 is 10.9 Å². The third-order valence-electron chi connectivity index (χ3n) is 3.58. The highest BCUT2D eigenvalue weighted by Crippen LogP contribution is 2.30. The molecule has 1 unspecified atom stereocenters. The number of nitrogens with one attached hydrogen (secondary N) is 4. The van der Waals surface area contributed by atoms with E-state index in [1.54, 1.807) is 0 Å². The number of halogens is 3. The van der Waals surface area contributed by atoms with Crippen LogP contribution in [0.3, 0.4) is 0 Å². The topological polar surface area (TPSA) is 103 Å². The molecule has 2 heterocycles. The molecule has 0 bridgehead atoms. The first-order valence-corrected chi connectivity index (χ1v) is 8.23. The lowest BCUT2D eigenvalue weighted by Gasteiger charge is -2.20. The number of amides is 3. The summed E-state index contributed by atoms with van der Waals surface area (Å²) in [4.78, 5) is 37.2. The monoisotopic (exact) mass is 388 g/mol. The van der Waals surface area contributed by atoms with Crippen molar-refractivity contribution < 1.29 is 18.4 Å². The molecule has 1 aromatic heterocycles. The lowest BCUT2D eigenvalue weighted by molar-refractivity contribution is -0.122. The summed E-state index contributed by atoms with van der Waals surface area (Å²) in [6.45, 7) is 0.0629. The third-order valence-corrected chi connectivity index (χ3v) is 4.82. The van der Waals surface area contributed by atoms with Crippen LogP contribution < -0.4 is 20.8 Å². The van der Waals surface area contributed by atoms with Crippen molar-refractivity contribution in [1.29, 1.82) is 0 Å². The number of H-pyrrole nitrogens is 1. The second-order valence-electron chi connectivity index (χ2n) is 5.19. The number of carbonyl (C=O) groups is 2. The highest BCUT2D eigenvalue weighted by atomic mass is 35.5. The number of urea groups is 1. The average Bonchev–Trinajstić information content (AvgIpc) is 3.19. The van der Waals surface area contributed by atoms with Gasteiger partial charge in [0.15, 0.2) is 0 Å². The fourth-order valence-corrected chi connectivity index (χ4v) is 3.29. The molecule has 1 saturated heterocycles. The molecule has 1 aromatic carbocycles. The number of carbonyl (C=O) groups excluding carboxylic acids is 2. The Balaban J connectivity index is 1.96. The summed E-state index contributed by atoms with van der Waals surface area (Å²) in [5.74, 6) is -2.58. The van der Waals surface area contributed by atoms with Crippen molar-refractivity contribution in [2.24, 2.45) is 0 Å². The smallest absolute Gasteiger partial charge is 0.315 e. The van der Waals surface area contributed by atoms with Gasteiger partial charge in [-0.15, -0.1) is 0 Å². The number of aromatic nitrogens is 1. The van der Waals surface area contributed by atoms with Crippen LogP contribution in [-0.2, 0) is 4.79 Å². The van der Waals surface area contributed by atoms with Crippen LogP contribution in [0.1, 0.15) is 16.5 Å². The van der Waals surface area contributed by atoms with E-state index >= 15 is 0 Å². The molecule has 0 aliphatic carbocycles. The molecule has 1 fully saturated rings. The van der Waals surface area contributed by atoms with Crippen molar-refractivity contribution in [2.45, 2.75) is 12.1 Å². The van der Waals surface area contributed by atoms with Crippen molar-refractivity contribution in [2.75, 3.05) is 6.54 Å². The van der Waals surface area contributed by atoms with Crippen LogP contribution in [0.25, 0.3) is 0 Å². The molecular weight excluding hydrogens is 378 g/mol. The van der Waals surface area contributed by atoms with Gasteiger partial charge in [0.1, 0.15) is 22.7 Å². The van der Waals surface area contributed by atoms with Crippen molar-refractivity contribution in [1.82, 2.24) is 20.9 Å². The van der Waals surface area contributed by atoms with E-state index in [1.165, 1.54) is 6.20 Å². The first kappa shape index (κ1) is 17.4. The number of rotatable bonds is 4. The van der Waals surface area contributed by atoms with Gasteiger partial charge in [0, 0.05) is 18.3 Å². The Morgan fingerprint density at radius 3 is 2.72 bits per heavy atom. The molecule has 2 atom stereocenters. The average molecular weight is 389 g/mol. The number of benzene rings is 1. The fraction of sp³-hybridized carbons (Fsp3) is 0.214. The molecule has 3 rings (SSSR count). The van der Waals surface area contributed by atoms with E-state index in [9.17, 15) is 23.2 Å². The summed E-state index contributed by atoms with van der Waals surface area (Å²) in [5.41, 5.74) is -0.104. The van der Waals surface area contributed by atoms with Gasteiger partial charge < -0.3 is 20.9 Å². The Labute approximate surface area is 148 Å². The minimum atomic E-state index is -1.08. The van der Waals surface area contributed by atoms with Crippen LogP contribution in [0, 0.1) is 11.6 Å². The normalized spacial score (nSPS) is 17.7. The van der Waals surface area contributed by atoms with E-state index in [0.29, 0.717) is 4.88 Å². The van der Waals surface area contributed by atoms with Crippen LogP contribution >= 0.6 is 22.9 Å². The van der Waals surface area contributed by atoms with Gasteiger partial charge in [0.05, 0.1) is 10.9 Å². The van der Waals surface area contributed by atoms with E-state index in [1.807, 2.05) is 0 Å². The molecule has 25 heavy (non-hydrogen) atoms. The number of aromatic amines is 1. The predicted octanol–water partition coefficient (Wildman–Crippen LogP) is 1.25. The fourth-order valence-electron chi connectivity index (χ4n) is 2.36. The Kier molecular flexibility index (Phi) is 4.73. The molecule has 1 aliphatic rings. The largest absolute Gasteiger partial charge is 0.342 e. The molecule has 0 radical (unpaired) electrons. The summed E-state index contributed by atoms with van der Waals surface area (Å²) in [5, 5.41) is 6.66. The van der Waals surface area contributed by atoms with Gasteiger partial charge in [-0.3, -0.25) is 9.59 Å². The lowest BCUT2D eigenvalue weighted by Crippen LogP contribution is -2.44. The van der Waals surface area contributed by atoms with Gasteiger partial charge in [-0.1, -0.05) is 29.0 Å². The van der Waals surface area contributed by atoms with Gasteiger partial charge in [0.25, 0.3) is 0 Å². The summed E-state index contributed by atoms with van der Waals surface area (Å²) >= 11 is 6.37. The number of hydrogen-bond donors (Lipinski definition) is 4. The highest BCUT2D eigenvalue weighted by Gasteiger charge is 2.31. The Bertz CT molecular complexity index is 900. The Morgan fingerprint density at radius 2 is 2.12 bits per heavy atom. The predicted molar refractivity (Wildman–Crippen MR) is 86.6 cm³/mol. The van der Waals surface area contributed by atoms with Gasteiger partial charge in [0.2, 0.25) is 5.91 Å². The maximum Gasteiger partial charge on any atom is 0.315 e. The molecular formula is C14H11ClF2N4O3S. The van der Waals surface area contributed by atoms with E-state index in [2.05, 4.69) is 20.9 Å². The Hall–Kier alpha value is -2.46. The maximum atomic E-state index is 14.4.